The lowest BCUT2D eigenvalue weighted by Gasteiger charge is -2.36. The van der Waals surface area contributed by atoms with E-state index in [2.05, 4.69) is 36.0 Å². The first-order chi connectivity index (χ1) is 13.6. The lowest BCUT2D eigenvalue weighted by molar-refractivity contribution is 0.0675. The van der Waals surface area contributed by atoms with Gasteiger partial charge in [0, 0.05) is 43.3 Å². The Morgan fingerprint density at radius 1 is 1.14 bits per heavy atom. The highest BCUT2D eigenvalue weighted by molar-refractivity contribution is 6.08. The fourth-order valence-electron chi connectivity index (χ4n) is 5.12. The number of carbonyl (C=O) groups excluding carboxylic acids is 1. The highest BCUT2D eigenvalue weighted by Crippen LogP contribution is 2.33. The van der Waals surface area contributed by atoms with Crippen molar-refractivity contribution in [2.45, 2.75) is 64.6 Å². The van der Waals surface area contributed by atoms with Gasteiger partial charge in [0.05, 0.1) is 18.2 Å². The van der Waals surface area contributed by atoms with Crippen molar-refractivity contribution in [1.29, 1.82) is 0 Å². The molecule has 1 N–H and O–H groups in total. The molecule has 5 nitrogen and oxygen atoms in total. The molecule has 1 saturated heterocycles. The summed E-state index contributed by atoms with van der Waals surface area (Å²) >= 11 is 0. The maximum absolute atomic E-state index is 13.5. The lowest BCUT2D eigenvalue weighted by Crippen LogP contribution is -2.55. The second kappa shape index (κ2) is 9.40. The Hall–Kier alpha value is -1.72. The molecule has 4 rings (SSSR count). The maximum Gasteiger partial charge on any atom is 0.256 e. The molecule has 2 aromatic rings. The highest BCUT2D eigenvalue weighted by atomic mass is 35.5. The number of methoxy groups -OCH3 is 1. The summed E-state index contributed by atoms with van der Waals surface area (Å²) in [5.74, 6) is 1.69. The molecule has 0 radical (unpaired) electrons. The van der Waals surface area contributed by atoms with Crippen LogP contribution in [0.5, 0.6) is 5.75 Å². The first-order valence-electron chi connectivity index (χ1n) is 10.8. The molecule has 0 spiro atoms. The van der Waals surface area contributed by atoms with Crippen LogP contribution in [0.1, 0.15) is 56.3 Å². The number of nitrogens with zero attached hydrogens (tertiary/aromatic N) is 2. The average molecular weight is 420 g/mol. The molecule has 1 aromatic heterocycles. The van der Waals surface area contributed by atoms with Crippen LogP contribution in [0, 0.1) is 5.92 Å². The van der Waals surface area contributed by atoms with E-state index < -0.39 is 0 Å². The zero-order valence-corrected chi connectivity index (χ0v) is 18.6. The molecule has 0 bridgehead atoms. The average Bonchev–Trinajstić information content (AvgIpc) is 3.06. The van der Waals surface area contributed by atoms with E-state index in [-0.39, 0.29) is 18.3 Å². The van der Waals surface area contributed by atoms with Crippen molar-refractivity contribution in [3.8, 4) is 5.75 Å². The van der Waals surface area contributed by atoms with E-state index in [4.69, 9.17) is 4.74 Å². The second-order valence-corrected chi connectivity index (χ2v) is 8.73. The van der Waals surface area contributed by atoms with E-state index in [1.807, 2.05) is 17.0 Å². The van der Waals surface area contributed by atoms with Crippen molar-refractivity contribution < 1.29 is 9.53 Å². The van der Waals surface area contributed by atoms with Crippen LogP contribution in [0.25, 0.3) is 10.9 Å². The number of benzene rings is 1. The number of ether oxygens (including phenoxy) is 1. The summed E-state index contributed by atoms with van der Waals surface area (Å²) < 4.78 is 7.96. The minimum absolute atomic E-state index is 0. The second-order valence-electron chi connectivity index (χ2n) is 8.73. The number of nitrogens with one attached hydrogen (secondary N) is 1. The monoisotopic (exact) mass is 419 g/mol. The Labute approximate surface area is 180 Å². The lowest BCUT2D eigenvalue weighted by atomic mass is 9.89. The first-order valence-corrected chi connectivity index (χ1v) is 10.8. The zero-order valence-electron chi connectivity index (χ0n) is 17.8. The van der Waals surface area contributed by atoms with E-state index in [0.29, 0.717) is 18.0 Å². The smallest absolute Gasteiger partial charge is 0.256 e. The van der Waals surface area contributed by atoms with E-state index in [0.717, 1.165) is 41.9 Å². The summed E-state index contributed by atoms with van der Waals surface area (Å²) in [6.45, 7) is 6.76. The molecule has 1 amide bonds. The van der Waals surface area contributed by atoms with Crippen molar-refractivity contribution in [2.75, 3.05) is 20.2 Å². The maximum atomic E-state index is 13.5. The normalized spacial score (nSPS) is 23.1. The number of amides is 1. The number of para-hydroxylation sites is 1. The Morgan fingerprint density at radius 2 is 1.83 bits per heavy atom. The Balaban J connectivity index is 0.00000240. The molecule has 1 saturated carbocycles. The number of aromatic nitrogens is 1. The van der Waals surface area contributed by atoms with E-state index in [9.17, 15) is 4.79 Å². The highest BCUT2D eigenvalue weighted by Gasteiger charge is 2.28. The van der Waals surface area contributed by atoms with Crippen molar-refractivity contribution in [3.05, 3.63) is 30.0 Å². The molecular formula is C23H34ClN3O2. The quantitative estimate of drug-likeness (QED) is 0.794. The van der Waals surface area contributed by atoms with Crippen molar-refractivity contribution in [3.63, 3.8) is 0 Å². The molecule has 2 unspecified atom stereocenters. The summed E-state index contributed by atoms with van der Waals surface area (Å²) in [5, 5.41) is 4.52. The summed E-state index contributed by atoms with van der Waals surface area (Å²) in [5.41, 5.74) is 1.88. The van der Waals surface area contributed by atoms with Gasteiger partial charge in [0.2, 0.25) is 0 Å². The van der Waals surface area contributed by atoms with Gasteiger partial charge in [-0.05, 0) is 38.7 Å². The molecule has 1 aromatic carbocycles. The Morgan fingerprint density at radius 3 is 2.48 bits per heavy atom. The van der Waals surface area contributed by atoms with Crippen LogP contribution in [-0.4, -0.2) is 47.7 Å². The number of hydrogen-bond acceptors (Lipinski definition) is 3. The van der Waals surface area contributed by atoms with E-state index >= 15 is 0 Å². The van der Waals surface area contributed by atoms with Gasteiger partial charge in [0.25, 0.3) is 5.91 Å². The number of rotatable bonds is 4. The van der Waals surface area contributed by atoms with Crippen LogP contribution in [0.4, 0.5) is 0 Å². The number of carbonyl (C=O) groups is 1. The first kappa shape index (κ1) is 22.0. The minimum atomic E-state index is 0. The molecule has 6 heteroatoms. The van der Waals surface area contributed by atoms with Gasteiger partial charge >= 0.3 is 0 Å². The van der Waals surface area contributed by atoms with Gasteiger partial charge in [-0.2, -0.15) is 0 Å². The van der Waals surface area contributed by atoms with Crippen molar-refractivity contribution in [1.82, 2.24) is 14.8 Å². The third-order valence-electron chi connectivity index (χ3n) is 6.34. The number of hydrogen-bond donors (Lipinski definition) is 1. The van der Waals surface area contributed by atoms with Gasteiger partial charge in [-0.15, -0.1) is 12.4 Å². The molecule has 2 heterocycles. The predicted octanol–water partition coefficient (Wildman–Crippen LogP) is 4.47. The largest absolute Gasteiger partial charge is 0.495 e. The molecule has 1 aliphatic carbocycles. The zero-order chi connectivity index (χ0) is 19.7. The number of piperazine rings is 1. The molecule has 2 fully saturated rings. The molecule has 2 aliphatic rings. The van der Waals surface area contributed by atoms with Crippen LogP contribution < -0.4 is 10.1 Å². The van der Waals surface area contributed by atoms with E-state index in [1.165, 1.54) is 32.1 Å². The third kappa shape index (κ3) is 4.56. The van der Waals surface area contributed by atoms with Gasteiger partial charge in [-0.1, -0.05) is 31.4 Å². The Kier molecular flexibility index (Phi) is 7.12. The van der Waals surface area contributed by atoms with Gasteiger partial charge < -0.3 is 19.5 Å². The molecule has 2 atom stereocenters. The topological polar surface area (TPSA) is 46.5 Å². The molecular weight excluding hydrogens is 386 g/mol. The number of halogens is 1. The molecule has 29 heavy (non-hydrogen) atoms. The van der Waals surface area contributed by atoms with Gasteiger partial charge in [0.1, 0.15) is 5.75 Å². The van der Waals surface area contributed by atoms with E-state index in [1.54, 1.807) is 7.11 Å². The summed E-state index contributed by atoms with van der Waals surface area (Å²) in [7, 11) is 1.72. The van der Waals surface area contributed by atoms with Gasteiger partial charge in [-0.25, -0.2) is 0 Å². The Bertz CT molecular complexity index is 834. The van der Waals surface area contributed by atoms with Crippen LogP contribution in [0.3, 0.4) is 0 Å². The fraction of sp³-hybridized carbons (Fsp3) is 0.609. The SMILES string of the molecule is COc1cccc2c(C(=O)N3CC(C)NC(C)C3)cn(CC3CCCCC3)c12.Cl. The predicted molar refractivity (Wildman–Crippen MR) is 120 cm³/mol. The fourth-order valence-corrected chi connectivity index (χ4v) is 5.12. The van der Waals surface area contributed by atoms with Crippen LogP contribution in [0.15, 0.2) is 24.4 Å². The number of fused-ring (bicyclic) bond motifs is 1. The van der Waals surface area contributed by atoms with Gasteiger partial charge in [-0.3, -0.25) is 4.79 Å². The minimum Gasteiger partial charge on any atom is -0.495 e. The van der Waals surface area contributed by atoms with Crippen LogP contribution in [0.2, 0.25) is 0 Å². The van der Waals surface area contributed by atoms with Crippen molar-refractivity contribution >= 4 is 29.2 Å². The standard InChI is InChI=1S/C23H33N3O2.ClH/c1-16-12-26(13-17(2)24-16)23(27)20-15-25(14-18-8-5-4-6-9-18)22-19(20)10-7-11-21(22)28-3;/h7,10-11,15-18,24H,4-6,8-9,12-14H2,1-3H3;1H. The van der Waals surface area contributed by atoms with Crippen LogP contribution >= 0.6 is 12.4 Å². The summed E-state index contributed by atoms with van der Waals surface area (Å²) in [4.78, 5) is 15.5. The third-order valence-corrected chi connectivity index (χ3v) is 6.34. The molecule has 1 aliphatic heterocycles. The van der Waals surface area contributed by atoms with Crippen LogP contribution in [-0.2, 0) is 6.54 Å². The van der Waals surface area contributed by atoms with Gasteiger partial charge in [0.15, 0.2) is 0 Å². The molecule has 160 valence electrons. The summed E-state index contributed by atoms with van der Waals surface area (Å²) in [6.07, 6.45) is 8.65. The van der Waals surface area contributed by atoms with Crippen molar-refractivity contribution in [2.24, 2.45) is 5.92 Å². The summed E-state index contributed by atoms with van der Waals surface area (Å²) in [6, 6.07) is 6.70.